The third kappa shape index (κ3) is 4.52. The van der Waals surface area contributed by atoms with E-state index >= 15 is 0 Å². The van der Waals surface area contributed by atoms with Gasteiger partial charge in [0.1, 0.15) is 0 Å². The molecule has 96 valence electrons. The number of nitrogens with one attached hydrogen (secondary N) is 1. The number of rotatable bonds is 5. The van der Waals surface area contributed by atoms with Gasteiger partial charge in [-0.15, -0.1) is 0 Å². The summed E-state index contributed by atoms with van der Waals surface area (Å²) in [7, 11) is 4.01. The minimum absolute atomic E-state index is 0.00958. The highest BCUT2D eigenvalue weighted by atomic mass is 19.1. The Morgan fingerprint density at radius 3 is 2.71 bits per heavy atom. The molecule has 0 radical (unpaired) electrons. The predicted molar refractivity (Wildman–Crippen MR) is 67.2 cm³/mol. The first-order valence-corrected chi connectivity index (χ1v) is 5.47. The van der Waals surface area contributed by atoms with Crippen LogP contribution < -0.4 is 11.1 Å². The SMILES string of the molecule is CN(C)CC(C)(C)CNc1nc(N)ncc1F. The van der Waals surface area contributed by atoms with Gasteiger partial charge in [0.15, 0.2) is 11.6 Å². The number of hydrogen-bond acceptors (Lipinski definition) is 5. The first-order chi connectivity index (χ1) is 7.80. The van der Waals surface area contributed by atoms with Crippen molar-refractivity contribution in [1.82, 2.24) is 14.9 Å². The van der Waals surface area contributed by atoms with E-state index in [1.54, 1.807) is 0 Å². The summed E-state index contributed by atoms with van der Waals surface area (Å²) in [5.41, 5.74) is 5.42. The second-order valence-electron chi connectivity index (χ2n) is 5.18. The van der Waals surface area contributed by atoms with Gasteiger partial charge in [-0.05, 0) is 19.5 Å². The van der Waals surface area contributed by atoms with Crippen LogP contribution in [0.5, 0.6) is 0 Å². The molecule has 3 N–H and O–H groups in total. The van der Waals surface area contributed by atoms with Gasteiger partial charge in [-0.1, -0.05) is 13.8 Å². The summed E-state index contributed by atoms with van der Waals surface area (Å²) in [4.78, 5) is 9.49. The predicted octanol–water partition coefficient (Wildman–Crippen LogP) is 1.20. The van der Waals surface area contributed by atoms with Gasteiger partial charge in [-0.25, -0.2) is 9.37 Å². The van der Waals surface area contributed by atoms with E-state index in [0.717, 1.165) is 12.7 Å². The highest BCUT2D eigenvalue weighted by Gasteiger charge is 2.19. The largest absolute Gasteiger partial charge is 0.368 e. The van der Waals surface area contributed by atoms with Crippen LogP contribution >= 0.6 is 0 Å². The van der Waals surface area contributed by atoms with E-state index in [1.807, 2.05) is 14.1 Å². The lowest BCUT2D eigenvalue weighted by Gasteiger charge is -2.28. The second-order valence-corrected chi connectivity index (χ2v) is 5.18. The van der Waals surface area contributed by atoms with Crippen molar-refractivity contribution in [3.63, 3.8) is 0 Å². The lowest BCUT2D eigenvalue weighted by Crippen LogP contribution is -2.34. The maximum atomic E-state index is 13.4. The summed E-state index contributed by atoms with van der Waals surface area (Å²) in [6.45, 7) is 5.70. The monoisotopic (exact) mass is 241 g/mol. The molecule has 0 aliphatic carbocycles. The molecular weight excluding hydrogens is 221 g/mol. The molecule has 0 bridgehead atoms. The fourth-order valence-corrected chi connectivity index (χ4v) is 1.74. The smallest absolute Gasteiger partial charge is 0.222 e. The Morgan fingerprint density at radius 1 is 1.47 bits per heavy atom. The van der Waals surface area contributed by atoms with Crippen LogP contribution in [0.3, 0.4) is 0 Å². The number of halogens is 1. The van der Waals surface area contributed by atoms with Crippen molar-refractivity contribution in [2.45, 2.75) is 13.8 Å². The first kappa shape index (κ1) is 13.6. The summed E-state index contributed by atoms with van der Waals surface area (Å²) in [5, 5.41) is 2.97. The summed E-state index contributed by atoms with van der Waals surface area (Å²) < 4.78 is 13.4. The highest BCUT2D eigenvalue weighted by molar-refractivity contribution is 5.39. The van der Waals surface area contributed by atoms with Crippen LogP contribution in [-0.4, -0.2) is 42.1 Å². The maximum Gasteiger partial charge on any atom is 0.222 e. The van der Waals surface area contributed by atoms with Crippen LogP contribution in [0.1, 0.15) is 13.8 Å². The minimum atomic E-state index is -0.486. The molecule has 0 saturated carbocycles. The van der Waals surface area contributed by atoms with E-state index in [9.17, 15) is 4.39 Å². The second kappa shape index (κ2) is 5.27. The van der Waals surface area contributed by atoms with Crippen LogP contribution in [0.25, 0.3) is 0 Å². The van der Waals surface area contributed by atoms with Gasteiger partial charge in [0.25, 0.3) is 0 Å². The van der Waals surface area contributed by atoms with E-state index < -0.39 is 5.82 Å². The molecule has 0 unspecified atom stereocenters. The third-order valence-corrected chi connectivity index (χ3v) is 2.24. The molecule has 1 aromatic heterocycles. The molecule has 0 saturated heterocycles. The summed E-state index contributed by atoms with van der Waals surface area (Å²) >= 11 is 0. The van der Waals surface area contributed by atoms with Crippen molar-refractivity contribution in [2.75, 3.05) is 38.2 Å². The molecule has 0 fully saturated rings. The fraction of sp³-hybridized carbons (Fsp3) is 0.636. The third-order valence-electron chi connectivity index (χ3n) is 2.24. The number of hydrogen-bond donors (Lipinski definition) is 2. The molecule has 1 heterocycles. The molecule has 0 atom stereocenters. The number of nitrogens with zero attached hydrogens (tertiary/aromatic N) is 3. The molecule has 0 aliphatic rings. The van der Waals surface area contributed by atoms with Crippen molar-refractivity contribution in [3.05, 3.63) is 12.0 Å². The summed E-state index contributed by atoms with van der Waals surface area (Å²) in [6.07, 6.45) is 1.07. The standard InChI is InChI=1S/C11H20FN5/c1-11(2,7-17(3)4)6-15-9-8(12)5-14-10(13)16-9/h5H,6-7H2,1-4H3,(H3,13,14,15,16). The zero-order valence-corrected chi connectivity index (χ0v) is 10.8. The maximum absolute atomic E-state index is 13.4. The van der Waals surface area contributed by atoms with E-state index in [4.69, 9.17) is 5.73 Å². The Balaban J connectivity index is 2.63. The van der Waals surface area contributed by atoms with Crippen LogP contribution in [0.4, 0.5) is 16.2 Å². The number of nitrogens with two attached hydrogens (primary N) is 1. The Labute approximate surface area is 101 Å². The van der Waals surface area contributed by atoms with Gasteiger partial charge >= 0.3 is 0 Å². The molecule has 1 aromatic rings. The molecule has 0 aromatic carbocycles. The van der Waals surface area contributed by atoms with Gasteiger partial charge in [-0.2, -0.15) is 4.98 Å². The minimum Gasteiger partial charge on any atom is -0.368 e. The van der Waals surface area contributed by atoms with E-state index in [2.05, 4.69) is 34.0 Å². The van der Waals surface area contributed by atoms with Crippen LogP contribution in [0, 0.1) is 11.2 Å². The molecule has 0 spiro atoms. The Hall–Kier alpha value is -1.43. The van der Waals surface area contributed by atoms with Crippen molar-refractivity contribution >= 4 is 11.8 Å². The Bertz CT molecular complexity index is 378. The molecule has 0 aliphatic heterocycles. The zero-order valence-electron chi connectivity index (χ0n) is 10.8. The Morgan fingerprint density at radius 2 is 2.12 bits per heavy atom. The van der Waals surface area contributed by atoms with Gasteiger partial charge < -0.3 is 16.0 Å². The molecule has 6 heteroatoms. The first-order valence-electron chi connectivity index (χ1n) is 5.47. The van der Waals surface area contributed by atoms with Gasteiger partial charge in [0.05, 0.1) is 6.20 Å². The molecule has 5 nitrogen and oxygen atoms in total. The van der Waals surface area contributed by atoms with Crippen LogP contribution in [0.2, 0.25) is 0 Å². The van der Waals surface area contributed by atoms with Gasteiger partial charge in [-0.3, -0.25) is 0 Å². The molecular formula is C11H20FN5. The average Bonchev–Trinajstić information content (AvgIpc) is 2.17. The lowest BCUT2D eigenvalue weighted by molar-refractivity contribution is 0.254. The quantitative estimate of drug-likeness (QED) is 0.810. The number of aromatic nitrogens is 2. The summed E-state index contributed by atoms with van der Waals surface area (Å²) in [5.74, 6) is -0.261. The van der Waals surface area contributed by atoms with Crippen molar-refractivity contribution < 1.29 is 4.39 Å². The normalized spacial score (nSPS) is 11.9. The van der Waals surface area contributed by atoms with Crippen molar-refractivity contribution in [2.24, 2.45) is 5.41 Å². The van der Waals surface area contributed by atoms with Crippen LogP contribution in [0.15, 0.2) is 6.20 Å². The van der Waals surface area contributed by atoms with Gasteiger partial charge in [0.2, 0.25) is 5.95 Å². The Kier molecular flexibility index (Phi) is 4.22. The highest BCUT2D eigenvalue weighted by Crippen LogP contribution is 2.18. The lowest BCUT2D eigenvalue weighted by atomic mass is 9.93. The number of nitrogen functional groups attached to an aromatic ring is 1. The number of anilines is 2. The molecule has 17 heavy (non-hydrogen) atoms. The molecule has 1 rings (SSSR count). The summed E-state index contributed by atoms with van der Waals surface area (Å²) in [6, 6.07) is 0. The van der Waals surface area contributed by atoms with E-state index in [-0.39, 0.29) is 17.2 Å². The average molecular weight is 241 g/mol. The van der Waals surface area contributed by atoms with Gasteiger partial charge in [0, 0.05) is 13.1 Å². The van der Waals surface area contributed by atoms with E-state index in [0.29, 0.717) is 6.54 Å². The molecule has 0 amide bonds. The van der Waals surface area contributed by atoms with Crippen LogP contribution in [-0.2, 0) is 0 Å². The van der Waals surface area contributed by atoms with Crippen molar-refractivity contribution in [1.29, 1.82) is 0 Å². The zero-order chi connectivity index (χ0) is 13.1. The topological polar surface area (TPSA) is 67.1 Å². The fourth-order valence-electron chi connectivity index (χ4n) is 1.74. The van der Waals surface area contributed by atoms with Crippen molar-refractivity contribution in [3.8, 4) is 0 Å². The van der Waals surface area contributed by atoms with E-state index in [1.165, 1.54) is 0 Å².